The summed E-state index contributed by atoms with van der Waals surface area (Å²) >= 11 is 6.11. The highest BCUT2D eigenvalue weighted by atomic mass is 35.5. The molecule has 0 unspecified atom stereocenters. The number of benzene rings is 2. The monoisotopic (exact) mass is 450 g/mol. The fraction of sp³-hybridized carbons (Fsp3) is 0.250. The summed E-state index contributed by atoms with van der Waals surface area (Å²) in [5.74, 6) is -0.899. The van der Waals surface area contributed by atoms with Gasteiger partial charge in [-0.2, -0.15) is 10.1 Å². The molecule has 1 aliphatic heterocycles. The first kappa shape index (κ1) is 20.5. The molecule has 1 saturated heterocycles. The second-order valence-corrected chi connectivity index (χ2v) is 8.47. The van der Waals surface area contributed by atoms with Gasteiger partial charge in [-0.3, -0.25) is 9.59 Å². The zero-order chi connectivity index (χ0) is 22.4. The molecule has 0 N–H and O–H groups in total. The number of carbonyl (C=O) groups excluding carboxylic acids is 3. The maximum absolute atomic E-state index is 12.8. The Hall–Kier alpha value is -3.45. The second-order valence-electron chi connectivity index (χ2n) is 8.04. The first-order valence-corrected chi connectivity index (χ1v) is 10.6. The van der Waals surface area contributed by atoms with Crippen LogP contribution in [0.25, 0.3) is 0 Å². The number of esters is 1. The Kier molecular flexibility index (Phi) is 5.06. The number of fused-ring (bicyclic) bond motifs is 5. The number of hydrogen-bond donors (Lipinski definition) is 0. The number of carbonyl (C=O) groups is 3. The molecule has 5 rings (SSSR count). The first-order chi connectivity index (χ1) is 15.5. The molecule has 3 aliphatic rings. The van der Waals surface area contributed by atoms with Gasteiger partial charge in [0.05, 0.1) is 30.7 Å². The van der Waals surface area contributed by atoms with Gasteiger partial charge in [0, 0.05) is 10.6 Å². The Balaban J connectivity index is 1.38. The summed E-state index contributed by atoms with van der Waals surface area (Å²) < 4.78 is 10.7. The van der Waals surface area contributed by atoms with Crippen LogP contribution in [0, 0.1) is 23.7 Å². The Bertz CT molecular complexity index is 1160. The van der Waals surface area contributed by atoms with Gasteiger partial charge in [0.15, 0.2) is 0 Å². The zero-order valence-electron chi connectivity index (χ0n) is 17.1. The highest BCUT2D eigenvalue weighted by molar-refractivity contribution is 6.31. The molecule has 2 aromatic carbocycles. The second kappa shape index (κ2) is 7.91. The molecule has 2 aliphatic carbocycles. The Morgan fingerprint density at radius 3 is 2.50 bits per heavy atom. The molecule has 0 spiro atoms. The van der Waals surface area contributed by atoms with Gasteiger partial charge < -0.3 is 9.47 Å². The maximum atomic E-state index is 12.8. The number of hydrogen-bond acceptors (Lipinski definition) is 6. The topological polar surface area (TPSA) is 85.3 Å². The van der Waals surface area contributed by atoms with Crippen molar-refractivity contribution in [2.45, 2.75) is 6.42 Å². The molecule has 4 atom stereocenters. The summed E-state index contributed by atoms with van der Waals surface area (Å²) in [6.45, 7) is 0. The zero-order valence-corrected chi connectivity index (χ0v) is 17.9. The average Bonchev–Trinajstić information content (AvgIpc) is 3.48. The van der Waals surface area contributed by atoms with E-state index in [1.165, 1.54) is 19.4 Å². The van der Waals surface area contributed by atoms with Crippen LogP contribution in [-0.2, 0) is 9.59 Å². The van der Waals surface area contributed by atoms with Gasteiger partial charge in [0.1, 0.15) is 11.5 Å². The van der Waals surface area contributed by atoms with E-state index < -0.39 is 5.97 Å². The van der Waals surface area contributed by atoms with Gasteiger partial charge in [0.2, 0.25) is 0 Å². The highest BCUT2D eigenvalue weighted by Gasteiger charge is 2.59. The van der Waals surface area contributed by atoms with Crippen LogP contribution in [0.3, 0.4) is 0 Å². The Labute approximate surface area is 189 Å². The van der Waals surface area contributed by atoms with Gasteiger partial charge in [-0.25, -0.2) is 4.79 Å². The van der Waals surface area contributed by atoms with E-state index in [-0.39, 0.29) is 41.2 Å². The van der Waals surface area contributed by atoms with Crippen molar-refractivity contribution in [3.63, 3.8) is 0 Å². The molecule has 2 fully saturated rings. The maximum Gasteiger partial charge on any atom is 0.343 e. The highest BCUT2D eigenvalue weighted by Crippen LogP contribution is 2.52. The summed E-state index contributed by atoms with van der Waals surface area (Å²) in [5, 5.41) is 5.49. The average molecular weight is 451 g/mol. The van der Waals surface area contributed by atoms with Gasteiger partial charge in [-0.1, -0.05) is 29.8 Å². The van der Waals surface area contributed by atoms with E-state index in [1.807, 2.05) is 12.2 Å². The van der Waals surface area contributed by atoms with E-state index in [2.05, 4.69) is 5.10 Å². The minimum atomic E-state index is -0.591. The third-order valence-electron chi connectivity index (χ3n) is 6.24. The lowest BCUT2D eigenvalue weighted by Gasteiger charge is -2.13. The van der Waals surface area contributed by atoms with Crippen molar-refractivity contribution in [3.05, 3.63) is 70.8 Å². The van der Waals surface area contributed by atoms with Crippen LogP contribution in [-0.4, -0.2) is 36.1 Å². The molecule has 1 saturated carbocycles. The fourth-order valence-corrected chi connectivity index (χ4v) is 4.92. The largest absolute Gasteiger partial charge is 0.497 e. The van der Waals surface area contributed by atoms with Crippen LogP contribution in [0.15, 0.2) is 59.7 Å². The van der Waals surface area contributed by atoms with E-state index in [4.69, 9.17) is 21.1 Å². The van der Waals surface area contributed by atoms with E-state index in [1.54, 1.807) is 36.4 Å². The lowest BCUT2D eigenvalue weighted by atomic mass is 9.85. The van der Waals surface area contributed by atoms with Crippen molar-refractivity contribution < 1.29 is 23.9 Å². The smallest absolute Gasteiger partial charge is 0.343 e. The molecule has 2 aromatic rings. The van der Waals surface area contributed by atoms with Gasteiger partial charge >= 0.3 is 5.97 Å². The molecule has 32 heavy (non-hydrogen) atoms. The number of ether oxygens (including phenoxy) is 2. The lowest BCUT2D eigenvalue weighted by molar-refractivity contribution is -0.140. The summed E-state index contributed by atoms with van der Waals surface area (Å²) in [6, 6.07) is 11.2. The molecule has 1 heterocycles. The van der Waals surface area contributed by atoms with Crippen LogP contribution in [0.1, 0.15) is 22.3 Å². The van der Waals surface area contributed by atoms with Crippen LogP contribution in [0.2, 0.25) is 5.02 Å². The first-order valence-electron chi connectivity index (χ1n) is 10.2. The van der Waals surface area contributed by atoms with Crippen molar-refractivity contribution in [2.75, 3.05) is 7.11 Å². The summed E-state index contributed by atoms with van der Waals surface area (Å²) in [6.07, 6.45) is 6.23. The van der Waals surface area contributed by atoms with Crippen molar-refractivity contribution >= 4 is 35.6 Å². The lowest BCUT2D eigenvalue weighted by Crippen LogP contribution is -2.28. The van der Waals surface area contributed by atoms with E-state index >= 15 is 0 Å². The van der Waals surface area contributed by atoms with Crippen molar-refractivity contribution in [2.24, 2.45) is 28.8 Å². The van der Waals surface area contributed by atoms with E-state index in [0.717, 1.165) is 11.4 Å². The number of nitrogens with zero attached hydrogens (tertiary/aromatic N) is 2. The molecule has 2 bridgehead atoms. The Morgan fingerprint density at radius 2 is 1.81 bits per heavy atom. The summed E-state index contributed by atoms with van der Waals surface area (Å²) in [4.78, 5) is 38.3. The number of rotatable bonds is 5. The standard InChI is InChI=1S/C24H19ClN2O5/c1-31-18-4-2-3-15(11-18)24(30)32-19-8-7-17(25)10-16(19)12-26-27-22(28)20-13-5-6-14(9-13)21(20)23(27)29/h2-8,10-14,20-21H,9H2,1H3/t13-,14-,20-,21+/m0/s1. The van der Waals surface area contributed by atoms with Crippen molar-refractivity contribution in [3.8, 4) is 11.5 Å². The number of methoxy groups -OCH3 is 1. The number of hydrazone groups is 1. The van der Waals surface area contributed by atoms with Crippen molar-refractivity contribution in [1.82, 2.24) is 5.01 Å². The molecule has 0 radical (unpaired) electrons. The summed E-state index contributed by atoms with van der Waals surface area (Å²) in [7, 11) is 1.51. The SMILES string of the molecule is COc1cccc(C(=O)Oc2ccc(Cl)cc2C=NN2C(=O)[C@@H]3[C@H](C2=O)[C@H]2C=C[C@H]3C2)c1. The third kappa shape index (κ3) is 3.39. The normalized spacial score (nSPS) is 25.6. The summed E-state index contributed by atoms with van der Waals surface area (Å²) in [5.41, 5.74) is 0.676. The predicted molar refractivity (Wildman–Crippen MR) is 117 cm³/mol. The molecule has 7 nitrogen and oxygen atoms in total. The molecule has 0 aromatic heterocycles. The number of imide groups is 1. The number of amides is 2. The van der Waals surface area contributed by atoms with E-state index in [9.17, 15) is 14.4 Å². The molecular formula is C24H19ClN2O5. The van der Waals surface area contributed by atoms with E-state index in [0.29, 0.717) is 21.9 Å². The molecule has 8 heteroatoms. The van der Waals surface area contributed by atoms with Crippen LogP contribution in [0.5, 0.6) is 11.5 Å². The number of halogens is 1. The van der Waals surface area contributed by atoms with Crippen LogP contribution >= 0.6 is 11.6 Å². The third-order valence-corrected chi connectivity index (χ3v) is 6.47. The fourth-order valence-electron chi connectivity index (χ4n) is 4.74. The quantitative estimate of drug-likeness (QED) is 0.228. The number of allylic oxidation sites excluding steroid dienone is 2. The van der Waals surface area contributed by atoms with Gasteiger partial charge in [0.25, 0.3) is 11.8 Å². The van der Waals surface area contributed by atoms with Crippen LogP contribution in [0.4, 0.5) is 0 Å². The van der Waals surface area contributed by atoms with Gasteiger partial charge in [-0.15, -0.1) is 0 Å². The van der Waals surface area contributed by atoms with Gasteiger partial charge in [-0.05, 0) is 54.7 Å². The minimum absolute atomic E-state index is 0.104. The predicted octanol–water partition coefficient (Wildman–Crippen LogP) is 3.71. The molecule has 162 valence electrons. The molecular weight excluding hydrogens is 432 g/mol. The van der Waals surface area contributed by atoms with Crippen molar-refractivity contribution in [1.29, 1.82) is 0 Å². The minimum Gasteiger partial charge on any atom is -0.497 e. The Morgan fingerprint density at radius 1 is 1.09 bits per heavy atom. The van der Waals surface area contributed by atoms with Crippen LogP contribution < -0.4 is 9.47 Å². The molecule has 2 amide bonds.